The molecule has 6 heteroatoms. The zero-order valence-electron chi connectivity index (χ0n) is 13.1. The maximum atomic E-state index is 13.2. The van der Waals surface area contributed by atoms with Crippen molar-refractivity contribution in [3.63, 3.8) is 0 Å². The fourth-order valence-electron chi connectivity index (χ4n) is 2.31. The predicted molar refractivity (Wildman–Crippen MR) is 86.5 cm³/mol. The molecule has 1 aromatic carbocycles. The highest BCUT2D eigenvalue weighted by atomic mass is 32.1. The van der Waals surface area contributed by atoms with E-state index < -0.39 is 0 Å². The average Bonchev–Trinajstić information content (AvgIpc) is 2.77. The molecule has 2 N–H and O–H groups in total. The zero-order valence-corrected chi connectivity index (χ0v) is 13.9. The smallest absolute Gasteiger partial charge is 0.315 e. The third-order valence-corrected chi connectivity index (χ3v) is 4.63. The van der Waals surface area contributed by atoms with E-state index in [2.05, 4.69) is 15.6 Å². The third kappa shape index (κ3) is 4.04. The van der Waals surface area contributed by atoms with Crippen LogP contribution in [-0.4, -0.2) is 11.0 Å². The van der Waals surface area contributed by atoms with Crippen LogP contribution in [0.1, 0.15) is 47.1 Å². The van der Waals surface area contributed by atoms with Crippen molar-refractivity contribution in [3.8, 4) is 0 Å². The number of aryl methyl sites for hydroxylation is 2. The van der Waals surface area contributed by atoms with Gasteiger partial charge in [-0.2, -0.15) is 0 Å². The van der Waals surface area contributed by atoms with E-state index in [-0.39, 0.29) is 23.9 Å². The SMILES string of the molecule is Cc1nc(C)c([C@@H](C)NC(=O)N[C@@H](C)c2cccc(F)c2)s1. The molecule has 1 heterocycles. The topological polar surface area (TPSA) is 54.0 Å². The van der Waals surface area contributed by atoms with Crippen molar-refractivity contribution in [2.75, 3.05) is 0 Å². The van der Waals surface area contributed by atoms with Crippen LogP contribution in [0.5, 0.6) is 0 Å². The second-order valence-electron chi connectivity index (χ2n) is 5.30. The quantitative estimate of drug-likeness (QED) is 0.893. The van der Waals surface area contributed by atoms with Crippen molar-refractivity contribution in [2.45, 2.75) is 39.8 Å². The van der Waals surface area contributed by atoms with Gasteiger partial charge in [0.1, 0.15) is 5.82 Å². The van der Waals surface area contributed by atoms with E-state index in [0.29, 0.717) is 0 Å². The molecule has 2 amide bonds. The number of hydrogen-bond donors (Lipinski definition) is 2. The maximum Gasteiger partial charge on any atom is 0.315 e. The summed E-state index contributed by atoms with van der Waals surface area (Å²) in [6.45, 7) is 7.62. The number of carbonyl (C=O) groups is 1. The molecule has 2 atom stereocenters. The Morgan fingerprint density at radius 1 is 1.23 bits per heavy atom. The standard InChI is InChI=1S/C16H20FN3OS/c1-9(13-6-5-7-14(17)8-13)19-16(21)20-11(3)15-10(2)18-12(4)22-15/h5-9,11H,1-4H3,(H2,19,20,21)/t9-,11+/m0/s1. The molecule has 0 radical (unpaired) electrons. The van der Waals surface area contributed by atoms with E-state index in [1.807, 2.05) is 27.7 Å². The van der Waals surface area contributed by atoms with Crippen molar-refractivity contribution in [3.05, 3.63) is 51.2 Å². The number of urea groups is 1. The van der Waals surface area contributed by atoms with Crippen LogP contribution in [0.25, 0.3) is 0 Å². The molecular formula is C16H20FN3OS. The number of nitrogens with one attached hydrogen (secondary N) is 2. The molecule has 1 aromatic heterocycles. The van der Waals surface area contributed by atoms with Gasteiger partial charge in [-0.3, -0.25) is 0 Å². The maximum absolute atomic E-state index is 13.2. The lowest BCUT2D eigenvalue weighted by molar-refractivity contribution is 0.235. The summed E-state index contributed by atoms with van der Waals surface area (Å²) in [5.41, 5.74) is 1.67. The molecule has 0 fully saturated rings. The van der Waals surface area contributed by atoms with Crippen LogP contribution >= 0.6 is 11.3 Å². The Morgan fingerprint density at radius 2 is 1.91 bits per heavy atom. The van der Waals surface area contributed by atoms with Crippen molar-refractivity contribution in [1.82, 2.24) is 15.6 Å². The van der Waals surface area contributed by atoms with Gasteiger partial charge in [-0.15, -0.1) is 11.3 Å². The van der Waals surface area contributed by atoms with Crippen molar-refractivity contribution in [1.29, 1.82) is 0 Å². The number of halogens is 1. The Labute approximate surface area is 133 Å². The first-order valence-corrected chi connectivity index (χ1v) is 7.95. The molecule has 118 valence electrons. The van der Waals surface area contributed by atoms with Gasteiger partial charge in [0, 0.05) is 4.88 Å². The summed E-state index contributed by atoms with van der Waals surface area (Å²) < 4.78 is 13.2. The second kappa shape index (κ2) is 6.87. The number of aromatic nitrogens is 1. The molecule has 0 spiro atoms. The number of hydrogen-bond acceptors (Lipinski definition) is 3. The van der Waals surface area contributed by atoms with E-state index in [1.54, 1.807) is 23.5 Å². The van der Waals surface area contributed by atoms with E-state index in [1.165, 1.54) is 12.1 Å². The van der Waals surface area contributed by atoms with Gasteiger partial charge in [0.25, 0.3) is 0 Å². The molecule has 0 unspecified atom stereocenters. The highest BCUT2D eigenvalue weighted by Gasteiger charge is 2.17. The number of amides is 2. The summed E-state index contributed by atoms with van der Waals surface area (Å²) in [6, 6.07) is 5.55. The van der Waals surface area contributed by atoms with Crippen LogP contribution in [0.3, 0.4) is 0 Å². The van der Waals surface area contributed by atoms with Crippen LogP contribution in [0.15, 0.2) is 24.3 Å². The van der Waals surface area contributed by atoms with Gasteiger partial charge < -0.3 is 10.6 Å². The molecule has 0 saturated heterocycles. The third-order valence-electron chi connectivity index (χ3n) is 3.38. The van der Waals surface area contributed by atoms with Crippen molar-refractivity contribution >= 4 is 17.4 Å². The lowest BCUT2D eigenvalue weighted by atomic mass is 10.1. The Kier molecular flexibility index (Phi) is 5.13. The van der Waals surface area contributed by atoms with Gasteiger partial charge in [-0.1, -0.05) is 12.1 Å². The minimum atomic E-state index is -0.310. The minimum absolute atomic E-state index is 0.120. The number of nitrogens with zero attached hydrogens (tertiary/aromatic N) is 1. The lowest BCUT2D eigenvalue weighted by Gasteiger charge is -2.18. The lowest BCUT2D eigenvalue weighted by Crippen LogP contribution is -2.38. The molecule has 2 rings (SSSR count). The summed E-state index contributed by atoms with van der Waals surface area (Å²) in [5, 5.41) is 6.69. The molecule has 0 saturated carbocycles. The molecular weight excluding hydrogens is 301 g/mol. The Balaban J connectivity index is 1.96. The Hall–Kier alpha value is -1.95. The van der Waals surface area contributed by atoms with Crippen LogP contribution in [0, 0.1) is 19.7 Å². The van der Waals surface area contributed by atoms with Crippen molar-refractivity contribution < 1.29 is 9.18 Å². The Bertz CT molecular complexity index is 671. The van der Waals surface area contributed by atoms with E-state index >= 15 is 0 Å². The monoisotopic (exact) mass is 321 g/mol. The summed E-state index contributed by atoms with van der Waals surface area (Å²) in [5.74, 6) is -0.310. The summed E-state index contributed by atoms with van der Waals surface area (Å²) in [6.07, 6.45) is 0. The van der Waals surface area contributed by atoms with E-state index in [9.17, 15) is 9.18 Å². The minimum Gasteiger partial charge on any atom is -0.332 e. The molecule has 0 aliphatic rings. The molecule has 2 aromatic rings. The van der Waals surface area contributed by atoms with Crippen LogP contribution in [0.4, 0.5) is 9.18 Å². The first-order chi connectivity index (χ1) is 10.4. The van der Waals surface area contributed by atoms with E-state index in [4.69, 9.17) is 0 Å². The fourth-order valence-corrected chi connectivity index (χ4v) is 3.24. The van der Waals surface area contributed by atoms with Crippen LogP contribution in [0.2, 0.25) is 0 Å². The van der Waals surface area contributed by atoms with Crippen molar-refractivity contribution in [2.24, 2.45) is 0 Å². The van der Waals surface area contributed by atoms with Crippen LogP contribution in [-0.2, 0) is 0 Å². The van der Waals surface area contributed by atoms with Gasteiger partial charge in [0.05, 0.1) is 22.8 Å². The predicted octanol–water partition coefficient (Wildman–Crippen LogP) is 4.02. The number of thiazole rings is 1. The van der Waals surface area contributed by atoms with Gasteiger partial charge in [0.2, 0.25) is 0 Å². The van der Waals surface area contributed by atoms with Gasteiger partial charge in [0.15, 0.2) is 0 Å². The van der Waals surface area contributed by atoms with Crippen LogP contribution < -0.4 is 10.6 Å². The number of benzene rings is 1. The van der Waals surface area contributed by atoms with Gasteiger partial charge in [-0.05, 0) is 45.4 Å². The molecule has 0 bridgehead atoms. The summed E-state index contributed by atoms with van der Waals surface area (Å²) in [7, 11) is 0. The normalized spacial score (nSPS) is 13.5. The number of carbonyl (C=O) groups excluding carboxylic acids is 1. The zero-order chi connectivity index (χ0) is 16.3. The number of rotatable bonds is 4. The van der Waals surface area contributed by atoms with Gasteiger partial charge >= 0.3 is 6.03 Å². The average molecular weight is 321 g/mol. The summed E-state index contributed by atoms with van der Waals surface area (Å²) >= 11 is 1.58. The van der Waals surface area contributed by atoms with E-state index in [0.717, 1.165) is 21.1 Å². The largest absolute Gasteiger partial charge is 0.332 e. The molecule has 0 aliphatic carbocycles. The second-order valence-corrected chi connectivity index (χ2v) is 6.53. The molecule has 22 heavy (non-hydrogen) atoms. The van der Waals surface area contributed by atoms with Gasteiger partial charge in [-0.25, -0.2) is 14.2 Å². The summed E-state index contributed by atoms with van der Waals surface area (Å²) in [4.78, 5) is 17.5. The fraction of sp³-hybridized carbons (Fsp3) is 0.375. The first-order valence-electron chi connectivity index (χ1n) is 7.13. The highest BCUT2D eigenvalue weighted by molar-refractivity contribution is 7.11. The molecule has 0 aliphatic heterocycles. The molecule has 4 nitrogen and oxygen atoms in total. The first kappa shape index (κ1) is 16.4. The highest BCUT2D eigenvalue weighted by Crippen LogP contribution is 2.24. The Morgan fingerprint density at radius 3 is 2.50 bits per heavy atom.